The van der Waals surface area contributed by atoms with E-state index in [2.05, 4.69) is 20.3 Å². The summed E-state index contributed by atoms with van der Waals surface area (Å²) in [7, 11) is 0. The van der Waals surface area contributed by atoms with Gasteiger partial charge in [-0.3, -0.25) is 4.90 Å². The Hall–Kier alpha value is -1.22. The Kier molecular flexibility index (Phi) is 4.86. The molecule has 2 heterocycles. The quantitative estimate of drug-likeness (QED) is 0.909. The molecule has 1 N–H and O–H groups in total. The Labute approximate surface area is 132 Å². The normalized spacial score (nSPS) is 30.0. The molecular weight excluding hydrogens is 311 g/mol. The van der Waals surface area contributed by atoms with Crippen molar-refractivity contribution in [3.63, 3.8) is 0 Å². The van der Waals surface area contributed by atoms with Crippen molar-refractivity contribution < 1.29 is 18.3 Å². The first kappa shape index (κ1) is 16.6. The zero-order chi connectivity index (χ0) is 16.4. The molecule has 1 aliphatic carbocycles. The SMILES string of the molecule is O[C@@H]1CCCC[C@H]1[C@@H]1CCCN1Cc1nnn(CC(F)(F)F)n1. The summed E-state index contributed by atoms with van der Waals surface area (Å²) in [5, 5.41) is 21.3. The van der Waals surface area contributed by atoms with E-state index in [0.29, 0.717) is 17.2 Å². The fourth-order valence-corrected chi connectivity index (χ4v) is 3.87. The number of likely N-dealkylation sites (tertiary alicyclic amines) is 1. The summed E-state index contributed by atoms with van der Waals surface area (Å²) in [5.41, 5.74) is 0. The maximum Gasteiger partial charge on any atom is 0.409 e. The first-order valence-corrected chi connectivity index (χ1v) is 8.18. The third kappa shape index (κ3) is 4.20. The van der Waals surface area contributed by atoms with E-state index in [-0.39, 0.29) is 18.1 Å². The zero-order valence-electron chi connectivity index (χ0n) is 12.9. The van der Waals surface area contributed by atoms with Gasteiger partial charge < -0.3 is 5.11 Å². The third-order valence-electron chi connectivity index (χ3n) is 4.85. The average molecular weight is 333 g/mol. The summed E-state index contributed by atoms with van der Waals surface area (Å²) in [6.07, 6.45) is 1.47. The number of hydrogen-bond acceptors (Lipinski definition) is 5. The third-order valence-corrected chi connectivity index (χ3v) is 4.85. The summed E-state index contributed by atoms with van der Waals surface area (Å²) >= 11 is 0. The number of rotatable bonds is 4. The van der Waals surface area contributed by atoms with Crippen molar-refractivity contribution in [3.8, 4) is 0 Å². The van der Waals surface area contributed by atoms with Gasteiger partial charge in [-0.15, -0.1) is 10.2 Å². The van der Waals surface area contributed by atoms with E-state index in [4.69, 9.17) is 0 Å². The van der Waals surface area contributed by atoms with Gasteiger partial charge in [0.2, 0.25) is 0 Å². The van der Waals surface area contributed by atoms with Crippen molar-refractivity contribution in [1.82, 2.24) is 25.1 Å². The van der Waals surface area contributed by atoms with E-state index < -0.39 is 12.7 Å². The second-order valence-electron chi connectivity index (χ2n) is 6.55. The Morgan fingerprint density at radius 1 is 1.13 bits per heavy atom. The van der Waals surface area contributed by atoms with Gasteiger partial charge in [0.25, 0.3) is 0 Å². The summed E-state index contributed by atoms with van der Waals surface area (Å²) < 4.78 is 37.0. The highest BCUT2D eigenvalue weighted by atomic mass is 19.4. The highest BCUT2D eigenvalue weighted by Gasteiger charge is 2.37. The number of alkyl halides is 3. The van der Waals surface area contributed by atoms with Crippen molar-refractivity contribution >= 4 is 0 Å². The lowest BCUT2D eigenvalue weighted by Crippen LogP contribution is -2.42. The number of nitrogens with zero attached hydrogens (tertiary/aromatic N) is 5. The molecule has 1 saturated heterocycles. The molecule has 6 nitrogen and oxygen atoms in total. The predicted octanol–water partition coefficient (Wildman–Crippen LogP) is 1.75. The van der Waals surface area contributed by atoms with Gasteiger partial charge in [-0.1, -0.05) is 12.8 Å². The fraction of sp³-hybridized carbons (Fsp3) is 0.929. The van der Waals surface area contributed by atoms with Crippen LogP contribution in [0.5, 0.6) is 0 Å². The first-order valence-electron chi connectivity index (χ1n) is 8.18. The minimum atomic E-state index is -4.35. The van der Waals surface area contributed by atoms with E-state index in [1.54, 1.807) is 0 Å². The molecule has 0 aromatic carbocycles. The molecule has 0 radical (unpaired) electrons. The molecule has 9 heteroatoms. The largest absolute Gasteiger partial charge is 0.409 e. The Morgan fingerprint density at radius 2 is 1.91 bits per heavy atom. The molecule has 0 unspecified atom stereocenters. The molecule has 0 amide bonds. The molecule has 3 atom stereocenters. The van der Waals surface area contributed by atoms with E-state index in [1.165, 1.54) is 0 Å². The van der Waals surface area contributed by atoms with Crippen LogP contribution in [0.25, 0.3) is 0 Å². The van der Waals surface area contributed by atoms with Crippen LogP contribution in [0.2, 0.25) is 0 Å². The molecule has 0 spiro atoms. The molecule has 23 heavy (non-hydrogen) atoms. The van der Waals surface area contributed by atoms with Gasteiger partial charge in [-0.25, -0.2) is 0 Å². The van der Waals surface area contributed by atoms with Crippen molar-refractivity contribution in [2.45, 2.75) is 69.9 Å². The predicted molar refractivity (Wildman–Crippen MR) is 75.3 cm³/mol. The van der Waals surface area contributed by atoms with Gasteiger partial charge in [-0.05, 0) is 37.4 Å². The van der Waals surface area contributed by atoms with Crippen molar-refractivity contribution in [3.05, 3.63) is 5.82 Å². The molecule has 1 aliphatic heterocycles. The molecule has 1 aromatic rings. The number of tetrazole rings is 1. The lowest BCUT2D eigenvalue weighted by atomic mass is 9.80. The lowest BCUT2D eigenvalue weighted by molar-refractivity contribution is -0.145. The zero-order valence-corrected chi connectivity index (χ0v) is 12.9. The highest BCUT2D eigenvalue weighted by molar-refractivity contribution is 4.92. The minimum absolute atomic E-state index is 0.247. The smallest absolute Gasteiger partial charge is 0.393 e. The molecule has 130 valence electrons. The minimum Gasteiger partial charge on any atom is -0.393 e. The number of aliphatic hydroxyl groups is 1. The Balaban J connectivity index is 1.62. The number of aromatic nitrogens is 4. The first-order chi connectivity index (χ1) is 10.9. The molecule has 2 fully saturated rings. The van der Waals surface area contributed by atoms with Crippen molar-refractivity contribution in [2.75, 3.05) is 6.54 Å². The van der Waals surface area contributed by atoms with Gasteiger partial charge in [-0.2, -0.15) is 18.0 Å². The summed E-state index contributed by atoms with van der Waals surface area (Å²) in [6.45, 7) is 0.0399. The highest BCUT2D eigenvalue weighted by Crippen LogP contribution is 2.35. The molecule has 3 rings (SSSR count). The molecule has 1 saturated carbocycles. The maximum atomic E-state index is 12.3. The van der Waals surface area contributed by atoms with Crippen LogP contribution in [-0.4, -0.2) is 55.1 Å². The van der Waals surface area contributed by atoms with Crippen molar-refractivity contribution in [2.24, 2.45) is 5.92 Å². The van der Waals surface area contributed by atoms with Crippen LogP contribution >= 0.6 is 0 Å². The second-order valence-corrected chi connectivity index (χ2v) is 6.55. The summed E-state index contributed by atoms with van der Waals surface area (Å²) in [4.78, 5) is 2.78. The van der Waals surface area contributed by atoms with Crippen LogP contribution in [0.15, 0.2) is 0 Å². The Morgan fingerprint density at radius 3 is 2.65 bits per heavy atom. The molecular formula is C14H22F3N5O. The fourth-order valence-electron chi connectivity index (χ4n) is 3.87. The standard InChI is InChI=1S/C14H22F3N5O/c15-14(16,17)9-22-19-13(18-20-22)8-21-7-3-5-11(21)10-4-1-2-6-12(10)23/h10-12,23H,1-9H2/t10-,11-,12+/m0/s1. The van der Waals surface area contributed by atoms with Crippen LogP contribution in [0, 0.1) is 5.92 Å². The summed E-state index contributed by atoms with van der Waals surface area (Å²) in [6, 6.07) is 0.264. The number of hydrogen-bond donors (Lipinski definition) is 1. The van der Waals surface area contributed by atoms with Crippen molar-refractivity contribution in [1.29, 1.82) is 0 Å². The van der Waals surface area contributed by atoms with Gasteiger partial charge >= 0.3 is 6.18 Å². The van der Waals surface area contributed by atoms with Gasteiger partial charge in [0.05, 0.1) is 12.6 Å². The van der Waals surface area contributed by atoms with E-state index in [9.17, 15) is 18.3 Å². The summed E-state index contributed by atoms with van der Waals surface area (Å²) in [5.74, 6) is 0.558. The van der Waals surface area contributed by atoms with Crippen LogP contribution in [0.4, 0.5) is 13.2 Å². The van der Waals surface area contributed by atoms with Crippen LogP contribution in [-0.2, 0) is 13.1 Å². The van der Waals surface area contributed by atoms with Crippen LogP contribution in [0.1, 0.15) is 44.3 Å². The van der Waals surface area contributed by atoms with E-state index in [1.807, 2.05) is 0 Å². The molecule has 0 bridgehead atoms. The van der Waals surface area contributed by atoms with Gasteiger partial charge in [0, 0.05) is 12.0 Å². The van der Waals surface area contributed by atoms with Crippen LogP contribution in [0.3, 0.4) is 0 Å². The Bertz CT molecular complexity index is 521. The van der Waals surface area contributed by atoms with Gasteiger partial charge in [0.1, 0.15) is 0 Å². The number of halogens is 3. The monoisotopic (exact) mass is 333 g/mol. The molecule has 1 aromatic heterocycles. The lowest BCUT2D eigenvalue weighted by Gasteiger charge is -2.36. The number of aliphatic hydroxyl groups excluding tert-OH is 1. The van der Waals surface area contributed by atoms with E-state index in [0.717, 1.165) is 45.1 Å². The maximum absolute atomic E-state index is 12.3. The van der Waals surface area contributed by atoms with Gasteiger partial charge in [0.15, 0.2) is 12.4 Å². The van der Waals surface area contributed by atoms with Crippen LogP contribution < -0.4 is 0 Å². The second kappa shape index (κ2) is 6.72. The molecule has 2 aliphatic rings. The topological polar surface area (TPSA) is 67.1 Å². The average Bonchev–Trinajstić information content (AvgIpc) is 3.08. The van der Waals surface area contributed by atoms with E-state index >= 15 is 0 Å².